The lowest BCUT2D eigenvalue weighted by Crippen LogP contribution is -2.66. The molecule has 2 aliphatic rings. The summed E-state index contributed by atoms with van der Waals surface area (Å²) in [6.45, 7) is 7.02. The van der Waals surface area contributed by atoms with Gasteiger partial charge in [-0.05, 0) is 32.9 Å². The molecule has 1 fully saturated rings. The molecule has 6 nitrogen and oxygen atoms in total. The van der Waals surface area contributed by atoms with Crippen molar-refractivity contribution in [2.45, 2.75) is 38.6 Å². The topological polar surface area (TPSA) is 85.9 Å². The molecule has 3 unspecified atom stereocenters. The molecule has 3 atom stereocenters. The zero-order chi connectivity index (χ0) is 15.2. The maximum Gasteiger partial charge on any atom is 0.124 e. The molecule has 0 aliphatic carbocycles. The fourth-order valence-electron chi connectivity index (χ4n) is 3.03. The van der Waals surface area contributed by atoms with Gasteiger partial charge in [-0.15, -0.1) is 0 Å². The van der Waals surface area contributed by atoms with Crippen molar-refractivity contribution < 1.29 is 5.11 Å². The van der Waals surface area contributed by atoms with Crippen LogP contribution in [0, 0.1) is 5.92 Å². The number of phenolic OH excluding ortho intramolecular Hbond substituents is 1. The van der Waals surface area contributed by atoms with Gasteiger partial charge in [-0.1, -0.05) is 12.1 Å². The van der Waals surface area contributed by atoms with Gasteiger partial charge in [0.05, 0.1) is 23.3 Å². The van der Waals surface area contributed by atoms with Gasteiger partial charge in [0.25, 0.3) is 0 Å². The Morgan fingerprint density at radius 1 is 1.29 bits per heavy atom. The number of rotatable bonds is 1. The van der Waals surface area contributed by atoms with Gasteiger partial charge in [0, 0.05) is 12.2 Å². The summed E-state index contributed by atoms with van der Waals surface area (Å²) in [5, 5.41) is 23.7. The first-order valence-corrected chi connectivity index (χ1v) is 7.28. The van der Waals surface area contributed by atoms with Crippen LogP contribution in [-0.2, 0) is 0 Å². The van der Waals surface area contributed by atoms with Crippen molar-refractivity contribution in [1.82, 2.24) is 15.6 Å². The summed E-state index contributed by atoms with van der Waals surface area (Å²) in [6.07, 6.45) is -0.155. The van der Waals surface area contributed by atoms with Crippen molar-refractivity contribution in [1.29, 1.82) is 0 Å². The minimum Gasteiger partial charge on any atom is -0.507 e. The molecular formula is C15H23N5O. The van der Waals surface area contributed by atoms with Gasteiger partial charge < -0.3 is 10.8 Å². The van der Waals surface area contributed by atoms with Crippen LogP contribution in [0.4, 0.5) is 0 Å². The molecule has 114 valence electrons. The fraction of sp³-hybridized carbons (Fsp3) is 0.533. The highest BCUT2D eigenvalue weighted by Crippen LogP contribution is 2.34. The van der Waals surface area contributed by atoms with Gasteiger partial charge in [0.2, 0.25) is 0 Å². The second kappa shape index (κ2) is 4.98. The van der Waals surface area contributed by atoms with E-state index in [2.05, 4.69) is 36.4 Å². The van der Waals surface area contributed by atoms with Crippen LogP contribution in [0.5, 0.6) is 5.75 Å². The average molecular weight is 289 g/mol. The largest absolute Gasteiger partial charge is 0.507 e. The molecule has 1 saturated heterocycles. The second-order valence-electron chi connectivity index (χ2n) is 6.60. The highest BCUT2D eigenvalue weighted by molar-refractivity contribution is 6.06. The summed E-state index contributed by atoms with van der Waals surface area (Å²) in [5.41, 5.74) is 7.72. The van der Waals surface area contributed by atoms with E-state index in [0.29, 0.717) is 6.67 Å². The summed E-state index contributed by atoms with van der Waals surface area (Å²) < 4.78 is 0. The van der Waals surface area contributed by atoms with Crippen LogP contribution < -0.4 is 16.4 Å². The molecule has 2 aliphatic heterocycles. The summed E-state index contributed by atoms with van der Waals surface area (Å²) in [7, 11) is 0. The number of nitrogens with two attached hydrogens (primary N) is 1. The highest BCUT2D eigenvalue weighted by atomic mass is 16.3. The molecule has 1 aromatic carbocycles. The Morgan fingerprint density at radius 2 is 2.00 bits per heavy atom. The fourth-order valence-corrected chi connectivity index (χ4v) is 3.03. The molecule has 0 spiro atoms. The molecule has 1 aromatic rings. The highest BCUT2D eigenvalue weighted by Gasteiger charge is 2.47. The van der Waals surface area contributed by atoms with Gasteiger partial charge in [-0.2, -0.15) is 5.10 Å². The van der Waals surface area contributed by atoms with E-state index >= 15 is 0 Å². The number of hydrazone groups is 1. The van der Waals surface area contributed by atoms with Gasteiger partial charge in [-0.3, -0.25) is 15.6 Å². The van der Waals surface area contributed by atoms with E-state index in [4.69, 9.17) is 10.8 Å². The van der Waals surface area contributed by atoms with E-state index in [-0.39, 0.29) is 29.5 Å². The predicted molar refractivity (Wildman–Crippen MR) is 82.6 cm³/mol. The molecule has 3 rings (SSSR count). The van der Waals surface area contributed by atoms with Crippen molar-refractivity contribution in [2.24, 2.45) is 16.8 Å². The Hall–Kier alpha value is -1.63. The third-order valence-electron chi connectivity index (χ3n) is 4.04. The van der Waals surface area contributed by atoms with Gasteiger partial charge in [-0.25, -0.2) is 0 Å². The van der Waals surface area contributed by atoms with Crippen molar-refractivity contribution in [3.8, 4) is 5.75 Å². The smallest absolute Gasteiger partial charge is 0.124 e. The van der Waals surface area contributed by atoms with E-state index in [1.54, 1.807) is 6.07 Å². The molecular weight excluding hydrogens is 266 g/mol. The monoisotopic (exact) mass is 289 g/mol. The third kappa shape index (κ3) is 2.39. The molecule has 5 N–H and O–H groups in total. The Balaban J connectivity index is 2.07. The third-order valence-corrected chi connectivity index (χ3v) is 4.04. The Morgan fingerprint density at radius 3 is 2.67 bits per heavy atom. The lowest BCUT2D eigenvalue weighted by molar-refractivity contribution is 0.0427. The van der Waals surface area contributed by atoms with Crippen LogP contribution in [0.2, 0.25) is 0 Å². The molecule has 21 heavy (non-hydrogen) atoms. The van der Waals surface area contributed by atoms with Crippen LogP contribution >= 0.6 is 0 Å². The van der Waals surface area contributed by atoms with Crippen molar-refractivity contribution in [3.63, 3.8) is 0 Å². The molecule has 0 radical (unpaired) electrons. The maximum atomic E-state index is 10.2. The average Bonchev–Trinajstić information content (AvgIpc) is 2.80. The number of hydrogen-bond acceptors (Lipinski definition) is 6. The lowest BCUT2D eigenvalue weighted by atomic mass is 9.90. The van der Waals surface area contributed by atoms with E-state index in [0.717, 1.165) is 11.3 Å². The van der Waals surface area contributed by atoms with Crippen LogP contribution in [0.25, 0.3) is 0 Å². The summed E-state index contributed by atoms with van der Waals surface area (Å²) in [4.78, 5) is 0. The van der Waals surface area contributed by atoms with Gasteiger partial charge in [0.15, 0.2) is 0 Å². The number of fused-ring (bicyclic) bond motifs is 1. The van der Waals surface area contributed by atoms with Crippen molar-refractivity contribution in [3.05, 3.63) is 29.8 Å². The Labute approximate surface area is 125 Å². The summed E-state index contributed by atoms with van der Waals surface area (Å²) in [5.74, 6) is 0.231. The zero-order valence-corrected chi connectivity index (χ0v) is 12.7. The number of benzene rings is 1. The molecule has 2 heterocycles. The first-order chi connectivity index (χ1) is 9.89. The minimum atomic E-state index is -0.193. The van der Waals surface area contributed by atoms with E-state index in [9.17, 15) is 5.11 Å². The predicted octanol–water partition coefficient (Wildman–Crippen LogP) is 0.588. The van der Waals surface area contributed by atoms with Crippen LogP contribution in [0.15, 0.2) is 29.4 Å². The number of phenols is 1. The normalized spacial score (nSPS) is 29.2. The first-order valence-electron chi connectivity index (χ1n) is 7.28. The minimum absolute atomic E-state index is 0.00808. The van der Waals surface area contributed by atoms with E-state index in [1.165, 1.54) is 0 Å². The maximum absolute atomic E-state index is 10.2. The number of para-hydroxylation sites is 1. The molecule has 6 heteroatoms. The Bertz CT molecular complexity index is 565. The SMILES string of the molecule is CC(C)(C)N1N=C(c2ccccc2O)C2C(N)NCNC21. The van der Waals surface area contributed by atoms with Crippen molar-refractivity contribution >= 4 is 5.71 Å². The van der Waals surface area contributed by atoms with E-state index in [1.807, 2.05) is 18.2 Å². The number of nitrogens with zero attached hydrogens (tertiary/aromatic N) is 2. The van der Waals surface area contributed by atoms with E-state index < -0.39 is 0 Å². The zero-order valence-electron chi connectivity index (χ0n) is 12.7. The van der Waals surface area contributed by atoms with Crippen LogP contribution in [0.1, 0.15) is 26.3 Å². The standard InChI is InChI=1S/C15H23N5O/c1-15(2,3)20-14-11(13(16)17-8-18-14)12(19-20)9-6-4-5-7-10(9)21/h4-7,11,13-14,17-18,21H,8,16H2,1-3H3. The lowest BCUT2D eigenvalue weighted by Gasteiger charge is -2.42. The quantitative estimate of drug-likeness (QED) is 0.608. The molecule has 0 bridgehead atoms. The summed E-state index contributed by atoms with van der Waals surface area (Å²) >= 11 is 0. The van der Waals surface area contributed by atoms with Gasteiger partial charge in [0.1, 0.15) is 11.9 Å². The number of nitrogens with one attached hydrogen (secondary N) is 2. The first kappa shape index (κ1) is 14.3. The summed E-state index contributed by atoms with van der Waals surface area (Å²) in [6, 6.07) is 7.28. The van der Waals surface area contributed by atoms with Gasteiger partial charge >= 0.3 is 0 Å². The second-order valence-corrected chi connectivity index (χ2v) is 6.60. The Kier molecular flexibility index (Phi) is 3.39. The molecule has 0 amide bonds. The number of hydrogen-bond donors (Lipinski definition) is 4. The molecule has 0 aromatic heterocycles. The molecule has 0 saturated carbocycles. The number of aromatic hydroxyl groups is 1. The van der Waals surface area contributed by atoms with Crippen LogP contribution in [-0.4, -0.2) is 40.4 Å². The van der Waals surface area contributed by atoms with Crippen molar-refractivity contribution in [2.75, 3.05) is 6.67 Å². The van der Waals surface area contributed by atoms with Crippen LogP contribution in [0.3, 0.4) is 0 Å².